The molecule has 0 aliphatic rings. The molecular formula is C17H15ClN6O4. The molecule has 0 atom stereocenters. The number of halogens is 1. The number of anilines is 3. The third-order valence-electron chi connectivity index (χ3n) is 3.53. The number of methoxy groups -OCH3 is 1. The third-order valence-corrected chi connectivity index (χ3v) is 3.76. The van der Waals surface area contributed by atoms with Crippen molar-refractivity contribution in [2.24, 2.45) is 0 Å². The van der Waals surface area contributed by atoms with Crippen molar-refractivity contribution in [3.05, 3.63) is 63.4 Å². The van der Waals surface area contributed by atoms with Crippen molar-refractivity contribution in [2.75, 3.05) is 18.2 Å². The van der Waals surface area contributed by atoms with Gasteiger partial charge in [-0.1, -0.05) is 23.7 Å². The van der Waals surface area contributed by atoms with Crippen LogP contribution >= 0.6 is 11.6 Å². The molecule has 11 heteroatoms. The number of ether oxygens (including phenoxy) is 2. The third kappa shape index (κ3) is 4.54. The summed E-state index contributed by atoms with van der Waals surface area (Å²) in [6.07, 6.45) is 0. The average Bonchev–Trinajstić information content (AvgIpc) is 2.67. The Morgan fingerprint density at radius 2 is 1.96 bits per heavy atom. The van der Waals surface area contributed by atoms with Gasteiger partial charge in [0, 0.05) is 11.1 Å². The van der Waals surface area contributed by atoms with Crippen LogP contribution in [0.2, 0.25) is 5.02 Å². The summed E-state index contributed by atoms with van der Waals surface area (Å²) in [5.41, 5.74) is 6.11. The molecule has 1 heterocycles. The summed E-state index contributed by atoms with van der Waals surface area (Å²) in [5, 5.41) is 14.4. The Kier molecular flexibility index (Phi) is 5.70. The first-order chi connectivity index (χ1) is 13.5. The lowest BCUT2D eigenvalue weighted by Gasteiger charge is -2.11. The average molecular weight is 403 g/mol. The molecule has 3 aromatic rings. The van der Waals surface area contributed by atoms with Crippen molar-refractivity contribution in [3.63, 3.8) is 0 Å². The van der Waals surface area contributed by atoms with E-state index in [9.17, 15) is 10.1 Å². The minimum atomic E-state index is -0.586. The smallest absolute Gasteiger partial charge is 0.312 e. The molecule has 0 bridgehead atoms. The van der Waals surface area contributed by atoms with Gasteiger partial charge in [-0.05, 0) is 24.3 Å². The minimum absolute atomic E-state index is 0.0309. The fourth-order valence-electron chi connectivity index (χ4n) is 2.32. The molecule has 0 saturated carbocycles. The van der Waals surface area contributed by atoms with Crippen LogP contribution in [0.3, 0.4) is 0 Å². The number of benzene rings is 2. The second kappa shape index (κ2) is 8.35. The Balaban J connectivity index is 1.80. The van der Waals surface area contributed by atoms with Crippen LogP contribution in [0.5, 0.6) is 11.5 Å². The Morgan fingerprint density at radius 1 is 1.18 bits per heavy atom. The van der Waals surface area contributed by atoms with Crippen molar-refractivity contribution < 1.29 is 14.4 Å². The standard InChI is InChI=1S/C17H15ClN6O4/c1-27-13-5-3-2-4-11(13)20-17-22-15(21-16(19)23-17)9-28-14-7-6-10(18)8-12(14)24(25)26/h2-8H,9H2,1H3,(H3,19,20,21,22,23). The monoisotopic (exact) mass is 402 g/mol. The maximum atomic E-state index is 11.1. The van der Waals surface area contributed by atoms with Crippen LogP contribution in [-0.2, 0) is 6.61 Å². The predicted octanol–water partition coefficient (Wildman–Crippen LogP) is 3.35. The number of para-hydroxylation sites is 2. The van der Waals surface area contributed by atoms with Crippen LogP contribution in [0, 0.1) is 10.1 Å². The van der Waals surface area contributed by atoms with Gasteiger partial charge in [0.15, 0.2) is 11.6 Å². The highest BCUT2D eigenvalue weighted by Crippen LogP contribution is 2.30. The molecule has 0 fully saturated rings. The molecule has 144 valence electrons. The number of hydrogen-bond acceptors (Lipinski definition) is 9. The number of nitrogen functional groups attached to an aromatic ring is 1. The number of nitro groups is 1. The molecule has 3 N–H and O–H groups in total. The van der Waals surface area contributed by atoms with E-state index in [1.807, 2.05) is 12.1 Å². The number of hydrogen-bond donors (Lipinski definition) is 2. The molecular weight excluding hydrogens is 388 g/mol. The molecule has 0 spiro atoms. The maximum absolute atomic E-state index is 11.1. The second-order valence-corrected chi connectivity index (χ2v) is 5.85. The lowest BCUT2D eigenvalue weighted by Crippen LogP contribution is -2.10. The van der Waals surface area contributed by atoms with Crippen LogP contribution in [-0.4, -0.2) is 27.0 Å². The van der Waals surface area contributed by atoms with E-state index in [-0.39, 0.29) is 40.8 Å². The zero-order valence-corrected chi connectivity index (χ0v) is 15.4. The molecule has 0 amide bonds. The zero-order valence-electron chi connectivity index (χ0n) is 14.6. The highest BCUT2D eigenvalue weighted by molar-refractivity contribution is 6.30. The highest BCUT2D eigenvalue weighted by atomic mass is 35.5. The first-order valence-corrected chi connectivity index (χ1v) is 8.31. The first kappa shape index (κ1) is 19.1. The fraction of sp³-hybridized carbons (Fsp3) is 0.118. The van der Waals surface area contributed by atoms with Gasteiger partial charge in [-0.15, -0.1) is 0 Å². The normalized spacial score (nSPS) is 10.4. The molecule has 10 nitrogen and oxygen atoms in total. The van der Waals surface area contributed by atoms with E-state index in [1.54, 1.807) is 19.2 Å². The van der Waals surface area contributed by atoms with E-state index in [2.05, 4.69) is 20.3 Å². The van der Waals surface area contributed by atoms with Gasteiger partial charge in [-0.25, -0.2) is 0 Å². The van der Waals surface area contributed by atoms with Crippen molar-refractivity contribution >= 4 is 34.9 Å². The van der Waals surface area contributed by atoms with E-state index in [0.29, 0.717) is 11.4 Å². The van der Waals surface area contributed by atoms with Crippen LogP contribution in [0.25, 0.3) is 0 Å². The van der Waals surface area contributed by atoms with Crippen molar-refractivity contribution in [1.82, 2.24) is 15.0 Å². The Bertz CT molecular complexity index is 1020. The molecule has 2 aromatic carbocycles. The largest absolute Gasteiger partial charge is 0.495 e. The molecule has 3 rings (SSSR count). The van der Waals surface area contributed by atoms with Gasteiger partial charge in [-0.3, -0.25) is 10.1 Å². The summed E-state index contributed by atoms with van der Waals surface area (Å²) >= 11 is 5.79. The molecule has 0 aliphatic carbocycles. The zero-order chi connectivity index (χ0) is 20.1. The van der Waals surface area contributed by atoms with Gasteiger partial charge in [0.1, 0.15) is 12.4 Å². The number of nitro benzene ring substituents is 1. The SMILES string of the molecule is COc1ccccc1Nc1nc(N)nc(COc2ccc(Cl)cc2[N+](=O)[O-])n1. The molecule has 0 unspecified atom stereocenters. The van der Waals surface area contributed by atoms with Gasteiger partial charge >= 0.3 is 5.69 Å². The summed E-state index contributed by atoms with van der Waals surface area (Å²) in [5.74, 6) is 0.968. The van der Waals surface area contributed by atoms with Crippen molar-refractivity contribution in [3.8, 4) is 11.5 Å². The van der Waals surface area contributed by atoms with E-state index in [1.165, 1.54) is 18.2 Å². The summed E-state index contributed by atoms with van der Waals surface area (Å²) in [6.45, 7) is -0.157. The summed E-state index contributed by atoms with van der Waals surface area (Å²) in [6, 6.07) is 11.3. The lowest BCUT2D eigenvalue weighted by molar-refractivity contribution is -0.385. The number of nitrogens with zero attached hydrogens (tertiary/aromatic N) is 4. The van der Waals surface area contributed by atoms with Gasteiger partial charge in [0.05, 0.1) is 17.7 Å². The van der Waals surface area contributed by atoms with Gasteiger partial charge in [-0.2, -0.15) is 15.0 Å². The van der Waals surface area contributed by atoms with E-state index < -0.39 is 4.92 Å². The number of rotatable bonds is 7. The van der Waals surface area contributed by atoms with E-state index in [0.717, 1.165) is 0 Å². The molecule has 28 heavy (non-hydrogen) atoms. The lowest BCUT2D eigenvalue weighted by atomic mass is 10.3. The van der Waals surface area contributed by atoms with E-state index >= 15 is 0 Å². The maximum Gasteiger partial charge on any atom is 0.312 e. The minimum Gasteiger partial charge on any atom is -0.495 e. The number of aromatic nitrogens is 3. The van der Waals surface area contributed by atoms with Crippen LogP contribution in [0.15, 0.2) is 42.5 Å². The molecule has 0 radical (unpaired) electrons. The first-order valence-electron chi connectivity index (χ1n) is 7.93. The summed E-state index contributed by atoms with van der Waals surface area (Å²) in [4.78, 5) is 22.8. The predicted molar refractivity (Wildman–Crippen MR) is 103 cm³/mol. The fourth-order valence-corrected chi connectivity index (χ4v) is 2.49. The second-order valence-electron chi connectivity index (χ2n) is 5.42. The molecule has 0 aliphatic heterocycles. The Labute approximate surface area is 164 Å². The van der Waals surface area contributed by atoms with Crippen molar-refractivity contribution in [2.45, 2.75) is 6.61 Å². The van der Waals surface area contributed by atoms with E-state index in [4.69, 9.17) is 26.8 Å². The van der Waals surface area contributed by atoms with Crippen LogP contribution < -0.4 is 20.5 Å². The van der Waals surface area contributed by atoms with Crippen LogP contribution in [0.1, 0.15) is 5.82 Å². The Morgan fingerprint density at radius 3 is 2.71 bits per heavy atom. The topological polar surface area (TPSA) is 138 Å². The molecule has 0 saturated heterocycles. The number of nitrogens with one attached hydrogen (secondary N) is 1. The summed E-state index contributed by atoms with van der Waals surface area (Å²) in [7, 11) is 1.54. The van der Waals surface area contributed by atoms with Gasteiger partial charge < -0.3 is 20.5 Å². The van der Waals surface area contributed by atoms with Crippen LogP contribution in [0.4, 0.5) is 23.3 Å². The van der Waals surface area contributed by atoms with Gasteiger partial charge in [0.25, 0.3) is 0 Å². The van der Waals surface area contributed by atoms with Gasteiger partial charge in [0.2, 0.25) is 11.9 Å². The highest BCUT2D eigenvalue weighted by Gasteiger charge is 2.17. The quantitative estimate of drug-likeness (QED) is 0.449. The Hall–Kier alpha value is -3.66. The van der Waals surface area contributed by atoms with Crippen molar-refractivity contribution in [1.29, 1.82) is 0 Å². The number of nitrogens with two attached hydrogens (primary N) is 1. The summed E-state index contributed by atoms with van der Waals surface area (Å²) < 4.78 is 10.7. The molecule has 1 aromatic heterocycles.